The Balaban J connectivity index is 1.80. The molecule has 22 heavy (non-hydrogen) atoms. The minimum atomic E-state index is -1.14. The summed E-state index contributed by atoms with van der Waals surface area (Å²) < 4.78 is 5.16. The number of carbonyl (C=O) groups excluding carboxylic acids is 1. The van der Waals surface area contributed by atoms with Crippen molar-refractivity contribution in [2.75, 3.05) is 26.2 Å². The second-order valence-corrected chi connectivity index (χ2v) is 5.29. The van der Waals surface area contributed by atoms with Gasteiger partial charge in [-0.05, 0) is 18.5 Å². The Morgan fingerprint density at radius 2 is 1.95 bits per heavy atom. The molecule has 120 valence electrons. The van der Waals surface area contributed by atoms with Gasteiger partial charge in [-0.1, -0.05) is 30.3 Å². The van der Waals surface area contributed by atoms with Gasteiger partial charge in [0.1, 0.15) is 6.61 Å². The average Bonchev–Trinajstić information content (AvgIpc) is 2.48. The monoisotopic (exact) mass is 308 g/mol. The van der Waals surface area contributed by atoms with E-state index in [0.29, 0.717) is 13.0 Å². The van der Waals surface area contributed by atoms with E-state index in [1.54, 1.807) is 0 Å². The van der Waals surface area contributed by atoms with Crippen LogP contribution in [0.15, 0.2) is 30.3 Å². The summed E-state index contributed by atoms with van der Waals surface area (Å²) in [6.45, 7) is 0.651. The molecular formula is C15H20N2O5. The number of carboxylic acids is 1. The normalized spacial score (nSPS) is 16.0. The van der Waals surface area contributed by atoms with Gasteiger partial charge in [0.05, 0.1) is 13.1 Å². The third kappa shape index (κ3) is 3.75. The molecule has 7 nitrogen and oxygen atoms in total. The number of aliphatic hydroxyl groups is 1. The number of carbonyl (C=O) groups is 2. The smallest absolute Gasteiger partial charge is 0.410 e. The van der Waals surface area contributed by atoms with E-state index < -0.39 is 17.6 Å². The average molecular weight is 308 g/mol. The van der Waals surface area contributed by atoms with Crippen LogP contribution in [0.1, 0.15) is 12.0 Å². The maximum absolute atomic E-state index is 11.9. The molecule has 0 spiro atoms. The Bertz CT molecular complexity index is 514. The van der Waals surface area contributed by atoms with Crippen LogP contribution in [0.3, 0.4) is 0 Å². The van der Waals surface area contributed by atoms with E-state index in [1.165, 1.54) is 4.90 Å². The first-order valence-corrected chi connectivity index (χ1v) is 7.12. The second-order valence-electron chi connectivity index (χ2n) is 5.29. The SMILES string of the molecule is O=C(OCc1ccccc1)N1CC(NCCCO)(C(=O)O)C1. The minimum Gasteiger partial charge on any atom is -0.480 e. The summed E-state index contributed by atoms with van der Waals surface area (Å²) in [7, 11) is 0. The quantitative estimate of drug-likeness (QED) is 0.632. The Kier molecular flexibility index (Phi) is 5.35. The van der Waals surface area contributed by atoms with Gasteiger partial charge in [-0.3, -0.25) is 10.1 Å². The molecule has 0 atom stereocenters. The topological polar surface area (TPSA) is 99.1 Å². The van der Waals surface area contributed by atoms with E-state index in [9.17, 15) is 14.7 Å². The summed E-state index contributed by atoms with van der Waals surface area (Å²) in [5.74, 6) is -1.00. The van der Waals surface area contributed by atoms with E-state index in [2.05, 4.69) is 5.32 Å². The first-order valence-electron chi connectivity index (χ1n) is 7.12. The second kappa shape index (κ2) is 7.24. The molecule has 1 fully saturated rings. The molecule has 1 amide bonds. The summed E-state index contributed by atoms with van der Waals surface area (Å²) in [6, 6.07) is 9.28. The number of ether oxygens (including phenoxy) is 1. The summed E-state index contributed by atoms with van der Waals surface area (Å²) in [5.41, 5.74) is -0.261. The number of hydrogen-bond acceptors (Lipinski definition) is 5. The van der Waals surface area contributed by atoms with E-state index >= 15 is 0 Å². The van der Waals surface area contributed by atoms with Gasteiger partial charge in [0.25, 0.3) is 0 Å². The summed E-state index contributed by atoms with van der Waals surface area (Å²) in [5, 5.41) is 20.9. The van der Waals surface area contributed by atoms with Crippen molar-refractivity contribution in [1.29, 1.82) is 0 Å². The van der Waals surface area contributed by atoms with Crippen LogP contribution >= 0.6 is 0 Å². The highest BCUT2D eigenvalue weighted by Gasteiger charge is 2.51. The first-order chi connectivity index (χ1) is 10.6. The Labute approximate surface area is 128 Å². The van der Waals surface area contributed by atoms with Gasteiger partial charge in [0, 0.05) is 6.61 Å². The number of aliphatic hydroxyl groups excluding tert-OH is 1. The van der Waals surface area contributed by atoms with Crippen molar-refractivity contribution in [3.05, 3.63) is 35.9 Å². The van der Waals surface area contributed by atoms with Crippen molar-refractivity contribution in [3.8, 4) is 0 Å². The molecule has 0 unspecified atom stereocenters. The highest BCUT2D eigenvalue weighted by Crippen LogP contribution is 2.22. The number of amides is 1. The van der Waals surface area contributed by atoms with Crippen molar-refractivity contribution in [1.82, 2.24) is 10.2 Å². The van der Waals surface area contributed by atoms with Crippen LogP contribution in [0.25, 0.3) is 0 Å². The Morgan fingerprint density at radius 3 is 2.55 bits per heavy atom. The lowest BCUT2D eigenvalue weighted by Gasteiger charge is -2.46. The standard InChI is InChI=1S/C15H20N2O5/c18-8-4-7-16-15(13(19)20)10-17(11-15)14(21)22-9-12-5-2-1-3-6-12/h1-3,5-6,16,18H,4,7-11H2,(H,19,20). The number of nitrogens with one attached hydrogen (secondary N) is 1. The molecular weight excluding hydrogens is 288 g/mol. The Hall–Kier alpha value is -2.12. The molecule has 1 aromatic rings. The number of rotatable bonds is 7. The van der Waals surface area contributed by atoms with Crippen LogP contribution in [-0.4, -0.2) is 59.0 Å². The van der Waals surface area contributed by atoms with Crippen LogP contribution in [-0.2, 0) is 16.1 Å². The van der Waals surface area contributed by atoms with Gasteiger partial charge in [0.2, 0.25) is 0 Å². The fraction of sp³-hybridized carbons (Fsp3) is 0.467. The minimum absolute atomic E-state index is 0.00840. The van der Waals surface area contributed by atoms with Crippen molar-refractivity contribution < 1.29 is 24.5 Å². The van der Waals surface area contributed by atoms with Crippen LogP contribution in [0.5, 0.6) is 0 Å². The van der Waals surface area contributed by atoms with Crippen molar-refractivity contribution in [2.24, 2.45) is 0 Å². The molecule has 0 aliphatic carbocycles. The molecule has 0 bridgehead atoms. The maximum Gasteiger partial charge on any atom is 0.410 e. The van der Waals surface area contributed by atoms with Crippen LogP contribution in [0, 0.1) is 0 Å². The summed E-state index contributed by atoms with van der Waals surface area (Å²) >= 11 is 0. The predicted molar refractivity (Wildman–Crippen MR) is 78.3 cm³/mol. The van der Waals surface area contributed by atoms with Gasteiger partial charge < -0.3 is 19.8 Å². The number of nitrogens with zero attached hydrogens (tertiary/aromatic N) is 1. The van der Waals surface area contributed by atoms with E-state index in [0.717, 1.165) is 5.56 Å². The third-order valence-electron chi connectivity index (χ3n) is 3.59. The zero-order valence-corrected chi connectivity index (χ0v) is 12.2. The number of carboxylic acid groups (broad SMARTS) is 1. The molecule has 3 N–H and O–H groups in total. The lowest BCUT2D eigenvalue weighted by molar-refractivity contribution is -0.151. The number of benzene rings is 1. The lowest BCUT2D eigenvalue weighted by Crippen LogP contribution is -2.74. The van der Waals surface area contributed by atoms with Crippen LogP contribution in [0.2, 0.25) is 0 Å². The molecule has 1 aliphatic heterocycles. The highest BCUT2D eigenvalue weighted by molar-refractivity contribution is 5.84. The number of aliphatic carboxylic acids is 1. The molecule has 1 aliphatic rings. The summed E-state index contributed by atoms with van der Waals surface area (Å²) in [6.07, 6.45) is -0.0577. The van der Waals surface area contributed by atoms with Crippen molar-refractivity contribution >= 4 is 12.1 Å². The predicted octanol–water partition coefficient (Wildman–Crippen LogP) is 0.434. The molecule has 1 aromatic carbocycles. The summed E-state index contributed by atoms with van der Waals surface area (Å²) in [4.78, 5) is 24.6. The molecule has 7 heteroatoms. The molecule has 0 saturated carbocycles. The van der Waals surface area contributed by atoms with Gasteiger partial charge in [-0.25, -0.2) is 4.79 Å². The zero-order valence-electron chi connectivity index (χ0n) is 12.2. The molecule has 0 aromatic heterocycles. The molecule has 1 saturated heterocycles. The van der Waals surface area contributed by atoms with Crippen LogP contribution in [0.4, 0.5) is 4.79 Å². The molecule has 2 rings (SSSR count). The first kappa shape index (κ1) is 16.3. The molecule has 0 radical (unpaired) electrons. The highest BCUT2D eigenvalue weighted by atomic mass is 16.6. The zero-order chi connectivity index (χ0) is 16.0. The fourth-order valence-electron chi connectivity index (χ4n) is 2.27. The number of likely N-dealkylation sites (tertiary alicyclic amines) is 1. The van der Waals surface area contributed by atoms with Gasteiger partial charge >= 0.3 is 12.1 Å². The number of hydrogen-bond donors (Lipinski definition) is 3. The van der Waals surface area contributed by atoms with Crippen LogP contribution < -0.4 is 5.32 Å². The lowest BCUT2D eigenvalue weighted by atomic mass is 9.90. The van der Waals surface area contributed by atoms with E-state index in [-0.39, 0.29) is 26.3 Å². The van der Waals surface area contributed by atoms with E-state index in [4.69, 9.17) is 9.84 Å². The van der Waals surface area contributed by atoms with Gasteiger partial charge in [-0.15, -0.1) is 0 Å². The largest absolute Gasteiger partial charge is 0.480 e. The fourth-order valence-corrected chi connectivity index (χ4v) is 2.27. The maximum atomic E-state index is 11.9. The van der Waals surface area contributed by atoms with Crippen molar-refractivity contribution in [2.45, 2.75) is 18.6 Å². The third-order valence-corrected chi connectivity index (χ3v) is 3.59. The van der Waals surface area contributed by atoms with Gasteiger partial charge in [0.15, 0.2) is 5.54 Å². The van der Waals surface area contributed by atoms with Gasteiger partial charge in [-0.2, -0.15) is 0 Å². The van der Waals surface area contributed by atoms with E-state index in [1.807, 2.05) is 30.3 Å². The Morgan fingerprint density at radius 1 is 1.27 bits per heavy atom. The van der Waals surface area contributed by atoms with Crippen molar-refractivity contribution in [3.63, 3.8) is 0 Å². The molecule has 1 heterocycles.